The molecule has 0 spiro atoms. The van der Waals surface area contributed by atoms with E-state index in [-0.39, 0.29) is 0 Å². The Hall–Kier alpha value is -2.30. The Morgan fingerprint density at radius 2 is 2.22 bits per heavy atom. The highest BCUT2D eigenvalue weighted by Crippen LogP contribution is 2.29. The van der Waals surface area contributed by atoms with E-state index >= 15 is 0 Å². The van der Waals surface area contributed by atoms with Gasteiger partial charge in [-0.05, 0) is 26.0 Å². The van der Waals surface area contributed by atoms with Crippen molar-refractivity contribution in [3.05, 3.63) is 36.0 Å². The summed E-state index contributed by atoms with van der Waals surface area (Å²) in [5.41, 5.74) is 2.71. The fourth-order valence-electron chi connectivity index (χ4n) is 1.68. The molecule has 0 saturated heterocycles. The average Bonchev–Trinajstić information content (AvgIpc) is 2.85. The summed E-state index contributed by atoms with van der Waals surface area (Å²) in [4.78, 5) is 10.8. The normalized spacial score (nSPS) is 12.1. The van der Waals surface area contributed by atoms with Crippen LogP contribution in [0.4, 0.5) is 0 Å². The van der Waals surface area contributed by atoms with Gasteiger partial charge in [-0.2, -0.15) is 5.10 Å². The number of carbonyl (C=O) groups is 1. The SMILES string of the molecule is Cc1c(O[C@@H](C)C(=O)O)cccc1-c1ccn[nH]1. The van der Waals surface area contributed by atoms with Gasteiger partial charge in [0, 0.05) is 17.3 Å². The number of hydrogen-bond donors (Lipinski definition) is 2. The minimum absolute atomic E-state index is 0.567. The summed E-state index contributed by atoms with van der Waals surface area (Å²) >= 11 is 0. The van der Waals surface area contributed by atoms with Crippen molar-refractivity contribution in [1.29, 1.82) is 0 Å². The number of carboxylic acid groups (broad SMARTS) is 1. The third kappa shape index (κ3) is 2.34. The van der Waals surface area contributed by atoms with Gasteiger partial charge >= 0.3 is 5.97 Å². The zero-order chi connectivity index (χ0) is 13.1. The molecule has 94 valence electrons. The van der Waals surface area contributed by atoms with Crippen molar-refractivity contribution < 1.29 is 14.6 Å². The van der Waals surface area contributed by atoms with Gasteiger partial charge in [-0.1, -0.05) is 12.1 Å². The summed E-state index contributed by atoms with van der Waals surface area (Å²) in [5.74, 6) is -0.418. The Labute approximate surface area is 104 Å². The van der Waals surface area contributed by atoms with Crippen LogP contribution in [-0.4, -0.2) is 27.4 Å². The van der Waals surface area contributed by atoms with Crippen molar-refractivity contribution in [2.24, 2.45) is 0 Å². The highest BCUT2D eigenvalue weighted by atomic mass is 16.5. The molecule has 0 aliphatic heterocycles. The Morgan fingerprint density at radius 3 is 2.83 bits per heavy atom. The fraction of sp³-hybridized carbons (Fsp3) is 0.231. The summed E-state index contributed by atoms with van der Waals surface area (Å²) in [6.45, 7) is 3.39. The highest BCUT2D eigenvalue weighted by molar-refractivity contribution is 5.73. The molecule has 1 heterocycles. The molecule has 0 amide bonds. The van der Waals surface area contributed by atoms with E-state index in [1.54, 1.807) is 12.3 Å². The molecule has 0 radical (unpaired) electrons. The number of aliphatic carboxylic acids is 1. The van der Waals surface area contributed by atoms with Gasteiger partial charge in [-0.25, -0.2) is 4.79 Å². The molecule has 2 aromatic rings. The van der Waals surface area contributed by atoms with Gasteiger partial charge < -0.3 is 9.84 Å². The molecule has 0 unspecified atom stereocenters. The van der Waals surface area contributed by atoms with E-state index in [2.05, 4.69) is 10.2 Å². The van der Waals surface area contributed by atoms with Crippen molar-refractivity contribution >= 4 is 5.97 Å². The van der Waals surface area contributed by atoms with Crippen LogP contribution >= 0.6 is 0 Å². The zero-order valence-corrected chi connectivity index (χ0v) is 10.2. The van der Waals surface area contributed by atoms with Crippen LogP contribution in [0.3, 0.4) is 0 Å². The first-order chi connectivity index (χ1) is 8.59. The summed E-state index contributed by atoms with van der Waals surface area (Å²) in [7, 11) is 0. The molecule has 0 saturated carbocycles. The van der Waals surface area contributed by atoms with Crippen LogP contribution < -0.4 is 4.74 Å². The lowest BCUT2D eigenvalue weighted by atomic mass is 10.1. The third-order valence-corrected chi connectivity index (χ3v) is 2.73. The summed E-state index contributed by atoms with van der Waals surface area (Å²) in [6, 6.07) is 7.37. The first-order valence-corrected chi connectivity index (χ1v) is 5.58. The largest absolute Gasteiger partial charge is 0.479 e. The number of carboxylic acids is 1. The highest BCUT2D eigenvalue weighted by Gasteiger charge is 2.15. The number of rotatable bonds is 4. The second kappa shape index (κ2) is 4.91. The molecule has 2 N–H and O–H groups in total. The maximum Gasteiger partial charge on any atom is 0.344 e. The maximum absolute atomic E-state index is 10.8. The molecule has 5 heteroatoms. The van der Waals surface area contributed by atoms with Crippen LogP contribution in [0.5, 0.6) is 5.75 Å². The van der Waals surface area contributed by atoms with Crippen molar-refractivity contribution in [3.8, 4) is 17.0 Å². The first-order valence-electron chi connectivity index (χ1n) is 5.58. The number of nitrogens with zero attached hydrogens (tertiary/aromatic N) is 1. The molecular weight excluding hydrogens is 232 g/mol. The number of H-pyrrole nitrogens is 1. The number of aromatic nitrogens is 2. The van der Waals surface area contributed by atoms with E-state index < -0.39 is 12.1 Å². The molecular formula is C13H14N2O3. The van der Waals surface area contributed by atoms with Crippen LogP contribution in [0.15, 0.2) is 30.5 Å². The topological polar surface area (TPSA) is 75.2 Å². The van der Waals surface area contributed by atoms with Gasteiger partial charge in [0.25, 0.3) is 0 Å². The van der Waals surface area contributed by atoms with Crippen molar-refractivity contribution in [3.63, 3.8) is 0 Å². The average molecular weight is 246 g/mol. The lowest BCUT2D eigenvalue weighted by Gasteiger charge is -2.14. The van der Waals surface area contributed by atoms with Crippen LogP contribution in [0.2, 0.25) is 0 Å². The minimum Gasteiger partial charge on any atom is -0.479 e. The predicted octanol–water partition coefficient (Wildman–Crippen LogP) is 2.24. The van der Waals surface area contributed by atoms with E-state index in [0.717, 1.165) is 16.8 Å². The Kier molecular flexibility index (Phi) is 3.32. The summed E-state index contributed by atoms with van der Waals surface area (Å²) in [6.07, 6.45) is 0.794. The molecule has 1 aromatic heterocycles. The van der Waals surface area contributed by atoms with Crippen molar-refractivity contribution in [1.82, 2.24) is 10.2 Å². The quantitative estimate of drug-likeness (QED) is 0.867. The Bertz CT molecular complexity index is 549. The van der Waals surface area contributed by atoms with Gasteiger partial charge in [0.2, 0.25) is 0 Å². The summed E-state index contributed by atoms with van der Waals surface area (Å²) in [5, 5.41) is 15.6. The fourth-order valence-corrected chi connectivity index (χ4v) is 1.68. The Morgan fingerprint density at radius 1 is 1.44 bits per heavy atom. The van der Waals surface area contributed by atoms with Crippen LogP contribution in [0, 0.1) is 6.92 Å². The maximum atomic E-state index is 10.8. The van der Waals surface area contributed by atoms with Crippen LogP contribution in [0.1, 0.15) is 12.5 Å². The lowest BCUT2D eigenvalue weighted by molar-refractivity contribution is -0.144. The van der Waals surface area contributed by atoms with Crippen molar-refractivity contribution in [2.45, 2.75) is 20.0 Å². The molecule has 0 fully saturated rings. The second-order valence-corrected chi connectivity index (χ2v) is 4.00. The summed E-state index contributed by atoms with van der Waals surface area (Å²) < 4.78 is 5.41. The number of hydrogen-bond acceptors (Lipinski definition) is 3. The molecule has 0 aliphatic carbocycles. The van der Waals surface area contributed by atoms with Gasteiger partial charge in [0.05, 0.1) is 5.69 Å². The van der Waals surface area contributed by atoms with Crippen LogP contribution in [0.25, 0.3) is 11.3 Å². The Balaban J connectivity index is 2.34. The molecule has 5 nitrogen and oxygen atoms in total. The van der Waals surface area contributed by atoms with Gasteiger partial charge in [0.1, 0.15) is 5.75 Å². The third-order valence-electron chi connectivity index (χ3n) is 2.73. The number of ether oxygens (including phenoxy) is 1. The molecule has 2 rings (SSSR count). The van der Waals surface area contributed by atoms with E-state index in [1.807, 2.05) is 25.1 Å². The zero-order valence-electron chi connectivity index (χ0n) is 10.2. The lowest BCUT2D eigenvalue weighted by Crippen LogP contribution is -2.23. The first kappa shape index (κ1) is 12.2. The van der Waals surface area contributed by atoms with E-state index in [4.69, 9.17) is 9.84 Å². The second-order valence-electron chi connectivity index (χ2n) is 4.00. The van der Waals surface area contributed by atoms with Gasteiger partial charge in [-0.3, -0.25) is 5.10 Å². The molecule has 18 heavy (non-hydrogen) atoms. The molecule has 0 bridgehead atoms. The van der Waals surface area contributed by atoms with E-state index in [0.29, 0.717) is 5.75 Å². The van der Waals surface area contributed by atoms with E-state index in [1.165, 1.54) is 6.92 Å². The van der Waals surface area contributed by atoms with Crippen molar-refractivity contribution in [2.75, 3.05) is 0 Å². The van der Waals surface area contributed by atoms with E-state index in [9.17, 15) is 4.79 Å². The minimum atomic E-state index is -0.985. The molecule has 1 atom stereocenters. The monoisotopic (exact) mass is 246 g/mol. The smallest absolute Gasteiger partial charge is 0.344 e. The van der Waals surface area contributed by atoms with Gasteiger partial charge in [-0.15, -0.1) is 0 Å². The number of aromatic amines is 1. The number of benzene rings is 1. The standard InChI is InChI=1S/C13H14N2O3/c1-8-10(11-6-7-14-15-11)4-3-5-12(8)18-9(2)13(16)17/h3-7,9H,1-2H3,(H,14,15)(H,16,17)/t9-/m0/s1. The van der Waals surface area contributed by atoms with Crippen LogP contribution in [-0.2, 0) is 4.79 Å². The molecule has 1 aromatic carbocycles. The molecule has 0 aliphatic rings. The van der Waals surface area contributed by atoms with Gasteiger partial charge in [0.15, 0.2) is 6.10 Å². The number of nitrogens with one attached hydrogen (secondary N) is 1. The predicted molar refractivity (Wildman–Crippen MR) is 66.5 cm³/mol.